The third-order valence-corrected chi connectivity index (χ3v) is 9.14. The first-order valence-corrected chi connectivity index (χ1v) is 17.6. The van der Waals surface area contributed by atoms with E-state index in [0.717, 1.165) is 64.2 Å². The van der Waals surface area contributed by atoms with Gasteiger partial charge in [-0.05, 0) is 57.9 Å². The van der Waals surface area contributed by atoms with E-state index in [9.17, 15) is 25.2 Å². The zero-order chi connectivity index (χ0) is 30.6. The molecule has 7 atom stereocenters. The summed E-state index contributed by atoms with van der Waals surface area (Å²) in [5.74, 6) is -0.295. The molecule has 4 N–H and O–H groups in total. The monoisotopic (exact) mass is 596 g/mol. The highest BCUT2D eigenvalue weighted by molar-refractivity contribution is 5.90. The Morgan fingerprint density at radius 2 is 1.31 bits per heavy atom. The topological polar surface area (TPSA) is 116 Å². The van der Waals surface area contributed by atoms with Crippen LogP contribution in [-0.4, -0.2) is 69.1 Å². The molecule has 0 radical (unpaired) electrons. The molecule has 246 valence electrons. The molecule has 0 saturated carbocycles. The Bertz CT molecular complexity index is 726. The van der Waals surface area contributed by atoms with Crippen molar-refractivity contribution in [3.8, 4) is 0 Å². The Hall–Kier alpha value is -0.990. The molecule has 7 nitrogen and oxygen atoms in total. The quantitative estimate of drug-likeness (QED) is 0.0624. The van der Waals surface area contributed by atoms with E-state index in [4.69, 9.17) is 9.47 Å². The van der Waals surface area contributed by atoms with Crippen molar-refractivity contribution in [3.05, 3.63) is 11.6 Å². The second-order valence-electron chi connectivity index (χ2n) is 13.1. The molecule has 2 aliphatic rings. The maximum absolute atomic E-state index is 11.7. The van der Waals surface area contributed by atoms with Gasteiger partial charge in [0.25, 0.3) is 0 Å². The third-order valence-electron chi connectivity index (χ3n) is 9.14. The van der Waals surface area contributed by atoms with Crippen LogP contribution in [0.25, 0.3) is 0 Å². The molecule has 0 aromatic carbocycles. The molecule has 1 saturated heterocycles. The average Bonchev–Trinajstić information content (AvgIpc) is 3.57. The molecule has 42 heavy (non-hydrogen) atoms. The van der Waals surface area contributed by atoms with Crippen molar-refractivity contribution in [2.45, 2.75) is 204 Å². The summed E-state index contributed by atoms with van der Waals surface area (Å²) in [6.07, 6.45) is 22.4. The van der Waals surface area contributed by atoms with Crippen LogP contribution < -0.4 is 0 Å². The summed E-state index contributed by atoms with van der Waals surface area (Å²) >= 11 is 0. The van der Waals surface area contributed by atoms with Crippen molar-refractivity contribution in [1.82, 2.24) is 0 Å². The fourth-order valence-electron chi connectivity index (χ4n) is 6.40. The van der Waals surface area contributed by atoms with Crippen LogP contribution in [0, 0.1) is 0 Å². The van der Waals surface area contributed by atoms with E-state index >= 15 is 0 Å². The Balaban J connectivity index is 1.42. The zero-order valence-electron chi connectivity index (χ0n) is 26.9. The smallest absolute Gasteiger partial charge is 0.334 e. The normalized spacial score (nSPS) is 23.5. The number of carbonyl (C=O) groups excluding carboxylic acids is 1. The van der Waals surface area contributed by atoms with Gasteiger partial charge in [-0.25, -0.2) is 4.79 Å². The second-order valence-corrected chi connectivity index (χ2v) is 13.1. The van der Waals surface area contributed by atoms with Gasteiger partial charge in [0.1, 0.15) is 6.10 Å². The maximum atomic E-state index is 11.7. The Morgan fingerprint density at radius 3 is 1.93 bits per heavy atom. The Morgan fingerprint density at radius 1 is 0.738 bits per heavy atom. The Kier molecular flexibility index (Phi) is 19.9. The fraction of sp³-hybridized carbons (Fsp3) is 0.914. The highest BCUT2D eigenvalue weighted by Crippen LogP contribution is 2.28. The molecule has 0 aliphatic carbocycles. The first-order valence-electron chi connectivity index (χ1n) is 17.6. The van der Waals surface area contributed by atoms with Gasteiger partial charge < -0.3 is 29.9 Å². The van der Waals surface area contributed by atoms with Crippen LogP contribution >= 0.6 is 0 Å². The standard InChI is InChI=1S/C35H64O7/c1-3-4-5-6-7-8-9-10-14-17-20-31(37)32(38)22-23-33(39)34-24-21-30(42-34)19-16-13-11-12-15-18-29(36)26-28-25-27(2)41-35(28)40/h25,27,29-34,36-39H,3-24,26H2,1-2H3/t27-,29+,30-,31+,32+,33+,34-/m0/s1. The first kappa shape index (κ1) is 37.2. The van der Waals surface area contributed by atoms with Gasteiger partial charge in [0, 0.05) is 12.0 Å². The average molecular weight is 597 g/mol. The number of unbranched alkanes of at least 4 members (excludes halogenated alkanes) is 13. The van der Waals surface area contributed by atoms with Crippen LogP contribution in [0.5, 0.6) is 0 Å². The zero-order valence-corrected chi connectivity index (χ0v) is 26.9. The highest BCUT2D eigenvalue weighted by atomic mass is 16.5. The van der Waals surface area contributed by atoms with Crippen LogP contribution in [0.2, 0.25) is 0 Å². The van der Waals surface area contributed by atoms with Crippen molar-refractivity contribution in [3.63, 3.8) is 0 Å². The second kappa shape index (κ2) is 22.5. The molecular formula is C35H64O7. The molecule has 2 heterocycles. The fourth-order valence-corrected chi connectivity index (χ4v) is 6.40. The molecular weight excluding hydrogens is 532 g/mol. The van der Waals surface area contributed by atoms with Crippen LogP contribution in [0.3, 0.4) is 0 Å². The number of hydrogen-bond acceptors (Lipinski definition) is 7. The number of rotatable bonds is 26. The summed E-state index contributed by atoms with van der Waals surface area (Å²) in [5.41, 5.74) is 0.600. The van der Waals surface area contributed by atoms with Crippen LogP contribution in [-0.2, 0) is 14.3 Å². The Labute approximate surface area is 256 Å². The lowest BCUT2D eigenvalue weighted by atomic mass is 9.97. The van der Waals surface area contributed by atoms with Crippen LogP contribution in [0.1, 0.15) is 162 Å². The molecule has 0 aromatic heterocycles. The predicted octanol–water partition coefficient (Wildman–Crippen LogP) is 7.06. The van der Waals surface area contributed by atoms with Gasteiger partial charge in [0.05, 0.1) is 36.6 Å². The van der Waals surface area contributed by atoms with Gasteiger partial charge in [-0.2, -0.15) is 0 Å². The molecule has 0 spiro atoms. The first-order chi connectivity index (χ1) is 20.3. The summed E-state index contributed by atoms with van der Waals surface area (Å²) in [7, 11) is 0. The van der Waals surface area contributed by atoms with E-state index in [1.165, 1.54) is 51.4 Å². The molecule has 1 fully saturated rings. The number of hydrogen-bond donors (Lipinski definition) is 4. The van der Waals surface area contributed by atoms with E-state index in [2.05, 4.69) is 6.92 Å². The van der Waals surface area contributed by atoms with Gasteiger partial charge in [-0.15, -0.1) is 0 Å². The van der Waals surface area contributed by atoms with Gasteiger partial charge >= 0.3 is 5.97 Å². The number of ether oxygens (including phenoxy) is 2. The molecule has 0 amide bonds. The van der Waals surface area contributed by atoms with E-state index < -0.39 is 24.4 Å². The van der Waals surface area contributed by atoms with Gasteiger partial charge in [0.2, 0.25) is 0 Å². The van der Waals surface area contributed by atoms with Crippen molar-refractivity contribution in [1.29, 1.82) is 0 Å². The van der Waals surface area contributed by atoms with Crippen molar-refractivity contribution >= 4 is 5.97 Å². The van der Waals surface area contributed by atoms with E-state index in [1.54, 1.807) is 6.08 Å². The van der Waals surface area contributed by atoms with Crippen molar-refractivity contribution in [2.75, 3.05) is 0 Å². The molecule has 0 unspecified atom stereocenters. The summed E-state index contributed by atoms with van der Waals surface area (Å²) in [6.45, 7) is 4.07. The summed E-state index contributed by atoms with van der Waals surface area (Å²) in [4.78, 5) is 11.7. The van der Waals surface area contributed by atoms with Gasteiger partial charge in [-0.1, -0.05) is 103 Å². The summed E-state index contributed by atoms with van der Waals surface area (Å²) in [6, 6.07) is 0. The van der Waals surface area contributed by atoms with E-state index in [1.807, 2.05) is 6.92 Å². The van der Waals surface area contributed by atoms with E-state index in [-0.39, 0.29) is 24.3 Å². The van der Waals surface area contributed by atoms with Crippen molar-refractivity contribution in [2.24, 2.45) is 0 Å². The van der Waals surface area contributed by atoms with Gasteiger partial charge in [0.15, 0.2) is 0 Å². The lowest BCUT2D eigenvalue weighted by Crippen LogP contribution is -2.31. The number of esters is 1. The molecule has 2 aliphatic heterocycles. The largest absolute Gasteiger partial charge is 0.455 e. The SMILES string of the molecule is CCCCCCCCCCCC[C@@H](O)[C@H](O)CC[C@@H](O)[C@@H]1CC[C@H](CCCCCCC[C@@H](O)CC2=C[C@H](C)OC2=O)O1. The minimum atomic E-state index is -0.781. The van der Waals surface area contributed by atoms with Crippen LogP contribution in [0.15, 0.2) is 11.6 Å². The number of aliphatic hydroxyl groups is 4. The van der Waals surface area contributed by atoms with Crippen LogP contribution in [0.4, 0.5) is 0 Å². The third kappa shape index (κ3) is 16.2. The number of carbonyl (C=O) groups is 1. The number of cyclic esters (lactones) is 1. The van der Waals surface area contributed by atoms with Gasteiger partial charge in [-0.3, -0.25) is 0 Å². The van der Waals surface area contributed by atoms with E-state index in [0.29, 0.717) is 37.7 Å². The number of aliphatic hydroxyl groups excluding tert-OH is 4. The van der Waals surface area contributed by atoms with Crippen molar-refractivity contribution < 1.29 is 34.7 Å². The highest BCUT2D eigenvalue weighted by Gasteiger charge is 2.31. The lowest BCUT2D eigenvalue weighted by Gasteiger charge is -2.22. The predicted molar refractivity (Wildman–Crippen MR) is 168 cm³/mol. The summed E-state index contributed by atoms with van der Waals surface area (Å²) < 4.78 is 11.2. The summed E-state index contributed by atoms with van der Waals surface area (Å²) in [5, 5.41) is 41.6. The molecule has 0 bridgehead atoms. The molecule has 7 heteroatoms. The molecule has 0 aromatic rings. The lowest BCUT2D eigenvalue weighted by molar-refractivity contribution is -0.139. The maximum Gasteiger partial charge on any atom is 0.334 e. The minimum absolute atomic E-state index is 0.168. The minimum Gasteiger partial charge on any atom is -0.455 e. The molecule has 2 rings (SSSR count).